The lowest BCUT2D eigenvalue weighted by molar-refractivity contribution is 0.0603. The Kier molecular flexibility index (Phi) is 4.34. The Labute approximate surface area is 155 Å². The van der Waals surface area contributed by atoms with Crippen molar-refractivity contribution in [1.82, 2.24) is 4.57 Å². The van der Waals surface area contributed by atoms with Gasteiger partial charge in [-0.05, 0) is 29.0 Å². The van der Waals surface area contributed by atoms with Gasteiger partial charge in [0, 0.05) is 11.6 Å². The highest BCUT2D eigenvalue weighted by molar-refractivity contribution is 6.07. The highest BCUT2D eigenvalue weighted by Gasteiger charge is 2.18. The number of esters is 1. The third-order valence-corrected chi connectivity index (χ3v) is 4.47. The normalized spacial score (nSPS) is 10.9. The van der Waals surface area contributed by atoms with Gasteiger partial charge in [0.05, 0.1) is 18.2 Å². The molecule has 4 aromatic rings. The van der Waals surface area contributed by atoms with E-state index in [0.29, 0.717) is 22.2 Å². The summed E-state index contributed by atoms with van der Waals surface area (Å²) in [7, 11) is 1.32. The fraction of sp³-hybridized carbons (Fsp3) is 0.0909. The summed E-state index contributed by atoms with van der Waals surface area (Å²) in [4.78, 5) is 24.7. The van der Waals surface area contributed by atoms with Crippen molar-refractivity contribution in [2.45, 2.75) is 0 Å². The summed E-state index contributed by atoms with van der Waals surface area (Å²) >= 11 is 0. The molecule has 0 spiro atoms. The van der Waals surface area contributed by atoms with Crippen LogP contribution in [-0.2, 0) is 4.74 Å². The second kappa shape index (κ2) is 6.96. The number of methoxy groups -OCH3 is 1. The summed E-state index contributed by atoms with van der Waals surface area (Å²) in [6.45, 7) is -0.141. The molecule has 5 heteroatoms. The average Bonchev–Trinajstić information content (AvgIpc) is 3.11. The molecule has 27 heavy (non-hydrogen) atoms. The Morgan fingerprint density at radius 1 is 0.926 bits per heavy atom. The van der Waals surface area contributed by atoms with E-state index in [2.05, 4.69) is 0 Å². The fourth-order valence-electron chi connectivity index (χ4n) is 3.13. The maximum Gasteiger partial charge on any atom is 0.340 e. The minimum absolute atomic E-state index is 0.141. The first-order valence-electron chi connectivity index (χ1n) is 8.50. The summed E-state index contributed by atoms with van der Waals surface area (Å²) in [5.74, 6) is -0.130. The second-order valence-electron chi connectivity index (χ2n) is 6.11. The number of hydrogen-bond donors (Lipinski definition) is 0. The van der Waals surface area contributed by atoms with Crippen molar-refractivity contribution in [3.05, 3.63) is 78.5 Å². The summed E-state index contributed by atoms with van der Waals surface area (Å²) in [6.07, 6.45) is 1.50. The van der Waals surface area contributed by atoms with Gasteiger partial charge in [-0.1, -0.05) is 48.5 Å². The van der Waals surface area contributed by atoms with Crippen molar-refractivity contribution in [3.8, 4) is 5.75 Å². The van der Waals surface area contributed by atoms with E-state index in [1.807, 2.05) is 54.6 Å². The molecule has 0 N–H and O–H groups in total. The predicted octanol–water partition coefficient (Wildman–Crippen LogP) is 4.30. The molecule has 0 saturated carbocycles. The molecule has 1 aromatic heterocycles. The molecule has 5 nitrogen and oxygen atoms in total. The molecule has 1 heterocycles. The molecule has 0 saturated heterocycles. The molecule has 0 aliphatic rings. The lowest BCUT2D eigenvalue weighted by Crippen LogP contribution is -2.18. The Morgan fingerprint density at radius 3 is 2.48 bits per heavy atom. The summed E-state index contributed by atoms with van der Waals surface area (Å²) in [5.41, 5.74) is 0.997. The Bertz CT molecular complexity index is 1160. The van der Waals surface area contributed by atoms with Crippen LogP contribution >= 0.6 is 0 Å². The molecule has 0 fully saturated rings. The molecule has 0 amide bonds. The molecule has 0 aliphatic heterocycles. The van der Waals surface area contributed by atoms with Gasteiger partial charge < -0.3 is 9.47 Å². The lowest BCUT2D eigenvalue weighted by Gasteiger charge is -2.08. The molecule has 4 rings (SSSR count). The van der Waals surface area contributed by atoms with E-state index in [1.165, 1.54) is 17.9 Å². The van der Waals surface area contributed by atoms with Gasteiger partial charge in [0.2, 0.25) is 0 Å². The minimum atomic E-state index is -0.479. The summed E-state index contributed by atoms with van der Waals surface area (Å²) in [6, 6.07) is 20.8. The molecule has 0 aliphatic carbocycles. The van der Waals surface area contributed by atoms with Gasteiger partial charge >= 0.3 is 5.97 Å². The van der Waals surface area contributed by atoms with Gasteiger partial charge in [-0.15, -0.1) is 0 Å². The van der Waals surface area contributed by atoms with Crippen LogP contribution in [0.15, 0.2) is 72.9 Å². The number of ether oxygens (including phenoxy) is 2. The number of benzene rings is 3. The van der Waals surface area contributed by atoms with Gasteiger partial charge in [0.25, 0.3) is 5.91 Å². The molecule has 134 valence electrons. The average molecular weight is 359 g/mol. The van der Waals surface area contributed by atoms with Crippen molar-refractivity contribution in [3.63, 3.8) is 0 Å². The number of carbonyl (C=O) groups excluding carboxylic acids is 2. The van der Waals surface area contributed by atoms with Crippen LogP contribution in [0.4, 0.5) is 0 Å². The molecular formula is C22H17NO4. The van der Waals surface area contributed by atoms with Gasteiger partial charge in [0.15, 0.2) is 6.61 Å². The van der Waals surface area contributed by atoms with Crippen LogP contribution < -0.4 is 4.74 Å². The van der Waals surface area contributed by atoms with Crippen molar-refractivity contribution >= 4 is 33.6 Å². The largest absolute Gasteiger partial charge is 0.484 e. The van der Waals surface area contributed by atoms with E-state index in [9.17, 15) is 9.59 Å². The van der Waals surface area contributed by atoms with Crippen LogP contribution in [-0.4, -0.2) is 30.2 Å². The maximum absolute atomic E-state index is 12.7. The molecule has 0 unspecified atom stereocenters. The van der Waals surface area contributed by atoms with Crippen LogP contribution in [0.25, 0.3) is 21.7 Å². The predicted molar refractivity (Wildman–Crippen MR) is 103 cm³/mol. The first kappa shape index (κ1) is 16.8. The van der Waals surface area contributed by atoms with Crippen LogP contribution in [0.3, 0.4) is 0 Å². The number of aromatic nitrogens is 1. The highest BCUT2D eigenvalue weighted by Crippen LogP contribution is 2.23. The van der Waals surface area contributed by atoms with E-state index >= 15 is 0 Å². The molecule has 0 atom stereocenters. The van der Waals surface area contributed by atoms with E-state index in [0.717, 1.165) is 10.8 Å². The number of fused-ring (bicyclic) bond motifs is 2. The van der Waals surface area contributed by atoms with Crippen LogP contribution in [0.1, 0.15) is 15.2 Å². The number of hydrogen-bond acceptors (Lipinski definition) is 4. The second-order valence-corrected chi connectivity index (χ2v) is 6.11. The molecular weight excluding hydrogens is 342 g/mol. The van der Waals surface area contributed by atoms with Gasteiger partial charge in [-0.2, -0.15) is 0 Å². The van der Waals surface area contributed by atoms with E-state index < -0.39 is 5.97 Å². The van der Waals surface area contributed by atoms with E-state index in [-0.39, 0.29) is 12.5 Å². The van der Waals surface area contributed by atoms with Gasteiger partial charge in [-0.25, -0.2) is 4.79 Å². The van der Waals surface area contributed by atoms with Crippen molar-refractivity contribution in [2.24, 2.45) is 0 Å². The van der Waals surface area contributed by atoms with Gasteiger partial charge in [0.1, 0.15) is 5.75 Å². The van der Waals surface area contributed by atoms with E-state index in [4.69, 9.17) is 9.47 Å². The standard InChI is InChI=1S/C22H17NO4/c1-26-22(25)19-13-23(20-9-5-4-8-18(19)20)21(24)14-27-17-11-10-15-6-2-3-7-16(15)12-17/h2-13H,14H2,1H3. The smallest absolute Gasteiger partial charge is 0.340 e. The monoisotopic (exact) mass is 359 g/mol. The van der Waals surface area contributed by atoms with Crippen LogP contribution in [0.5, 0.6) is 5.75 Å². The van der Waals surface area contributed by atoms with Crippen molar-refractivity contribution < 1.29 is 19.1 Å². The summed E-state index contributed by atoms with van der Waals surface area (Å²) in [5, 5.41) is 2.82. The number of rotatable bonds is 4. The lowest BCUT2D eigenvalue weighted by atomic mass is 10.1. The van der Waals surface area contributed by atoms with Crippen molar-refractivity contribution in [1.29, 1.82) is 0 Å². The highest BCUT2D eigenvalue weighted by atomic mass is 16.5. The quantitative estimate of drug-likeness (QED) is 0.510. The number of para-hydroxylation sites is 1. The van der Waals surface area contributed by atoms with Gasteiger partial charge in [-0.3, -0.25) is 9.36 Å². The molecule has 0 bridgehead atoms. The van der Waals surface area contributed by atoms with Crippen LogP contribution in [0, 0.1) is 0 Å². The number of nitrogens with zero attached hydrogens (tertiary/aromatic N) is 1. The topological polar surface area (TPSA) is 57.5 Å². The Morgan fingerprint density at radius 2 is 1.67 bits per heavy atom. The SMILES string of the molecule is COC(=O)c1cn(C(=O)COc2ccc3ccccc3c2)c2ccccc12. The third kappa shape index (κ3) is 3.15. The summed E-state index contributed by atoms with van der Waals surface area (Å²) < 4.78 is 11.9. The van der Waals surface area contributed by atoms with Crippen molar-refractivity contribution in [2.75, 3.05) is 13.7 Å². The Balaban J connectivity index is 1.60. The zero-order chi connectivity index (χ0) is 18.8. The van der Waals surface area contributed by atoms with Crippen LogP contribution in [0.2, 0.25) is 0 Å². The Hall–Kier alpha value is -3.60. The van der Waals surface area contributed by atoms with E-state index in [1.54, 1.807) is 12.1 Å². The molecule has 3 aromatic carbocycles. The zero-order valence-electron chi connectivity index (χ0n) is 14.7. The first-order chi connectivity index (χ1) is 13.2. The fourth-order valence-corrected chi connectivity index (χ4v) is 3.13. The first-order valence-corrected chi connectivity index (χ1v) is 8.50. The molecule has 0 radical (unpaired) electrons. The third-order valence-electron chi connectivity index (χ3n) is 4.47. The minimum Gasteiger partial charge on any atom is -0.484 e. The zero-order valence-corrected chi connectivity index (χ0v) is 14.7. The maximum atomic E-state index is 12.7. The number of carbonyl (C=O) groups is 2.